The zero-order valence-corrected chi connectivity index (χ0v) is 13.2. The van der Waals surface area contributed by atoms with Crippen molar-refractivity contribution < 1.29 is 13.9 Å². The molecule has 1 heterocycles. The van der Waals surface area contributed by atoms with E-state index in [1.807, 2.05) is 32.9 Å². The van der Waals surface area contributed by atoms with E-state index in [1.165, 1.54) is 11.1 Å². The standard InChI is InChI=1S/C18H21NO3/c1-18(2,3)22-17(20)19-15-10-12-6-7-13(9-14(12)11-15)16-5-4-8-21-16/h4-9,15H,10-11H2,1-3H3,(H,19,20)/t15-/m1/s1. The van der Waals surface area contributed by atoms with Crippen LogP contribution in [0.1, 0.15) is 31.9 Å². The Morgan fingerprint density at radius 3 is 2.68 bits per heavy atom. The molecule has 0 aliphatic heterocycles. The molecular formula is C18H21NO3. The van der Waals surface area contributed by atoms with Crippen molar-refractivity contribution in [3.63, 3.8) is 0 Å². The number of furan rings is 1. The number of benzene rings is 1. The number of amides is 1. The van der Waals surface area contributed by atoms with E-state index in [1.54, 1.807) is 6.26 Å². The molecule has 0 spiro atoms. The van der Waals surface area contributed by atoms with Crippen LogP contribution in [0.3, 0.4) is 0 Å². The molecule has 1 aromatic heterocycles. The van der Waals surface area contributed by atoms with E-state index in [9.17, 15) is 4.79 Å². The first-order valence-electron chi connectivity index (χ1n) is 7.56. The van der Waals surface area contributed by atoms with E-state index >= 15 is 0 Å². The van der Waals surface area contributed by atoms with Crippen LogP contribution in [0.4, 0.5) is 4.79 Å². The van der Waals surface area contributed by atoms with E-state index < -0.39 is 5.60 Å². The van der Waals surface area contributed by atoms with Gasteiger partial charge >= 0.3 is 6.09 Å². The summed E-state index contributed by atoms with van der Waals surface area (Å²) >= 11 is 0. The lowest BCUT2D eigenvalue weighted by Crippen LogP contribution is -2.39. The van der Waals surface area contributed by atoms with Gasteiger partial charge in [0.1, 0.15) is 11.4 Å². The quantitative estimate of drug-likeness (QED) is 0.914. The van der Waals surface area contributed by atoms with E-state index in [4.69, 9.17) is 9.15 Å². The van der Waals surface area contributed by atoms with Gasteiger partial charge in [-0.05, 0) is 62.9 Å². The average Bonchev–Trinajstić information content (AvgIpc) is 3.03. The van der Waals surface area contributed by atoms with Crippen LogP contribution in [0.2, 0.25) is 0 Å². The fraction of sp³-hybridized carbons (Fsp3) is 0.389. The second kappa shape index (κ2) is 5.52. The number of fused-ring (bicyclic) bond motifs is 1. The fourth-order valence-electron chi connectivity index (χ4n) is 2.79. The Balaban J connectivity index is 1.67. The summed E-state index contributed by atoms with van der Waals surface area (Å²) in [5, 5.41) is 2.95. The van der Waals surface area contributed by atoms with Gasteiger partial charge in [0, 0.05) is 11.6 Å². The minimum absolute atomic E-state index is 0.0942. The number of hydrogen-bond donors (Lipinski definition) is 1. The zero-order valence-electron chi connectivity index (χ0n) is 13.2. The van der Waals surface area contributed by atoms with Crippen molar-refractivity contribution in [2.24, 2.45) is 0 Å². The number of hydrogen-bond acceptors (Lipinski definition) is 3. The molecule has 116 valence electrons. The van der Waals surface area contributed by atoms with Crippen LogP contribution >= 0.6 is 0 Å². The van der Waals surface area contributed by atoms with Gasteiger partial charge in [0.25, 0.3) is 0 Å². The molecule has 0 unspecified atom stereocenters. The minimum atomic E-state index is -0.470. The van der Waals surface area contributed by atoms with Crippen LogP contribution in [0.5, 0.6) is 0 Å². The van der Waals surface area contributed by atoms with Gasteiger partial charge in [0.05, 0.1) is 6.26 Å². The van der Waals surface area contributed by atoms with Gasteiger partial charge < -0.3 is 14.5 Å². The number of rotatable bonds is 2. The molecule has 1 aliphatic carbocycles. The maximum atomic E-state index is 11.9. The molecule has 3 rings (SSSR count). The summed E-state index contributed by atoms with van der Waals surface area (Å²) in [5.74, 6) is 0.867. The molecule has 1 N–H and O–H groups in total. The zero-order chi connectivity index (χ0) is 15.7. The summed E-state index contributed by atoms with van der Waals surface area (Å²) in [6.07, 6.45) is 2.99. The second-order valence-electron chi connectivity index (χ2n) is 6.71. The number of nitrogens with one attached hydrogen (secondary N) is 1. The SMILES string of the molecule is CC(C)(C)OC(=O)N[C@@H]1Cc2ccc(-c3ccco3)cc2C1. The van der Waals surface area contributed by atoms with Gasteiger partial charge in [0.15, 0.2) is 0 Å². The van der Waals surface area contributed by atoms with Gasteiger partial charge in [-0.2, -0.15) is 0 Å². The van der Waals surface area contributed by atoms with Gasteiger partial charge in [-0.15, -0.1) is 0 Å². The van der Waals surface area contributed by atoms with Gasteiger partial charge in [0.2, 0.25) is 0 Å². The highest BCUT2D eigenvalue weighted by molar-refractivity contribution is 5.68. The predicted molar refractivity (Wildman–Crippen MR) is 84.7 cm³/mol. The second-order valence-corrected chi connectivity index (χ2v) is 6.71. The average molecular weight is 299 g/mol. The third kappa shape index (κ3) is 3.32. The lowest BCUT2D eigenvalue weighted by molar-refractivity contribution is 0.0506. The molecule has 0 bridgehead atoms. The van der Waals surface area contributed by atoms with Crippen molar-refractivity contribution in [1.82, 2.24) is 5.32 Å². The molecule has 1 amide bonds. The minimum Gasteiger partial charge on any atom is -0.464 e. The predicted octanol–water partition coefficient (Wildman–Crippen LogP) is 3.94. The van der Waals surface area contributed by atoms with E-state index in [2.05, 4.69) is 23.5 Å². The summed E-state index contributed by atoms with van der Waals surface area (Å²) in [5.41, 5.74) is 3.13. The lowest BCUT2D eigenvalue weighted by atomic mass is 10.1. The van der Waals surface area contributed by atoms with Gasteiger partial charge in [-0.3, -0.25) is 0 Å². The normalized spacial score (nSPS) is 17.1. The number of alkyl carbamates (subject to hydrolysis) is 1. The number of carbonyl (C=O) groups is 1. The Bertz CT molecular complexity index is 668. The Morgan fingerprint density at radius 2 is 2.00 bits per heavy atom. The van der Waals surface area contributed by atoms with Crippen LogP contribution in [-0.4, -0.2) is 17.7 Å². The molecule has 0 saturated heterocycles. The van der Waals surface area contributed by atoms with Gasteiger partial charge in [-0.25, -0.2) is 4.79 Å². The third-order valence-corrected chi connectivity index (χ3v) is 3.67. The van der Waals surface area contributed by atoms with Crippen molar-refractivity contribution in [1.29, 1.82) is 0 Å². The first-order valence-corrected chi connectivity index (χ1v) is 7.56. The Morgan fingerprint density at radius 1 is 1.23 bits per heavy atom. The monoisotopic (exact) mass is 299 g/mol. The van der Waals surface area contributed by atoms with E-state index in [-0.39, 0.29) is 12.1 Å². The lowest BCUT2D eigenvalue weighted by Gasteiger charge is -2.21. The fourth-order valence-corrected chi connectivity index (χ4v) is 2.79. The van der Waals surface area contributed by atoms with Gasteiger partial charge in [-0.1, -0.05) is 12.1 Å². The van der Waals surface area contributed by atoms with Crippen LogP contribution < -0.4 is 5.32 Å². The molecule has 4 nitrogen and oxygen atoms in total. The molecule has 4 heteroatoms. The molecule has 0 radical (unpaired) electrons. The molecule has 0 fully saturated rings. The summed E-state index contributed by atoms with van der Waals surface area (Å²) in [4.78, 5) is 11.9. The van der Waals surface area contributed by atoms with Crippen LogP contribution in [0.25, 0.3) is 11.3 Å². The summed E-state index contributed by atoms with van der Waals surface area (Å²) in [7, 11) is 0. The maximum absolute atomic E-state index is 11.9. The van der Waals surface area contributed by atoms with Crippen molar-refractivity contribution >= 4 is 6.09 Å². The van der Waals surface area contributed by atoms with Crippen molar-refractivity contribution in [2.45, 2.75) is 45.3 Å². The smallest absolute Gasteiger partial charge is 0.407 e. The van der Waals surface area contributed by atoms with Crippen LogP contribution in [0.15, 0.2) is 41.0 Å². The highest BCUT2D eigenvalue weighted by Crippen LogP contribution is 2.28. The number of ether oxygens (including phenoxy) is 1. The molecule has 0 saturated carbocycles. The van der Waals surface area contributed by atoms with E-state index in [0.717, 1.165) is 24.2 Å². The summed E-state index contributed by atoms with van der Waals surface area (Å²) < 4.78 is 10.8. The Labute approximate surface area is 130 Å². The van der Waals surface area contributed by atoms with Crippen LogP contribution in [-0.2, 0) is 17.6 Å². The van der Waals surface area contributed by atoms with E-state index in [0.29, 0.717) is 0 Å². The van der Waals surface area contributed by atoms with Crippen molar-refractivity contribution in [3.8, 4) is 11.3 Å². The van der Waals surface area contributed by atoms with Crippen LogP contribution in [0, 0.1) is 0 Å². The summed E-state index contributed by atoms with van der Waals surface area (Å²) in [6.45, 7) is 5.60. The first-order chi connectivity index (χ1) is 10.4. The Kier molecular flexibility index (Phi) is 3.69. The Hall–Kier alpha value is -2.23. The van der Waals surface area contributed by atoms with Crippen molar-refractivity contribution in [2.75, 3.05) is 0 Å². The molecule has 2 aromatic rings. The molecule has 1 aromatic carbocycles. The first kappa shape index (κ1) is 14.7. The highest BCUT2D eigenvalue weighted by atomic mass is 16.6. The highest BCUT2D eigenvalue weighted by Gasteiger charge is 2.25. The molecule has 22 heavy (non-hydrogen) atoms. The number of carbonyl (C=O) groups excluding carboxylic acids is 1. The molecule has 1 aliphatic rings. The summed E-state index contributed by atoms with van der Waals surface area (Å²) in [6, 6.07) is 10.3. The third-order valence-electron chi connectivity index (χ3n) is 3.67. The molecule has 1 atom stereocenters. The topological polar surface area (TPSA) is 51.5 Å². The largest absolute Gasteiger partial charge is 0.464 e. The molecular weight excluding hydrogens is 278 g/mol. The maximum Gasteiger partial charge on any atom is 0.407 e. The van der Waals surface area contributed by atoms with Crippen molar-refractivity contribution in [3.05, 3.63) is 47.7 Å².